The number of thiazole rings is 1. The standard InChI is InChI=1S/C23H18ClN3OS/c24-23-26-16-21(29-23)15-25-18-11-13-20(14-12-18)27(19-9-5-2-6-10-19)22(28)17-7-3-1-4-8-17/h1-14,16,25H,15H2. The van der Waals surface area contributed by atoms with E-state index < -0.39 is 0 Å². The lowest BCUT2D eigenvalue weighted by Crippen LogP contribution is -2.25. The number of anilines is 3. The van der Waals surface area contributed by atoms with Gasteiger partial charge < -0.3 is 5.32 Å². The van der Waals surface area contributed by atoms with Crippen LogP contribution in [0.25, 0.3) is 0 Å². The van der Waals surface area contributed by atoms with Crippen molar-refractivity contribution < 1.29 is 4.79 Å². The van der Waals surface area contributed by atoms with E-state index >= 15 is 0 Å². The quantitative estimate of drug-likeness (QED) is 0.394. The van der Waals surface area contributed by atoms with E-state index in [2.05, 4.69) is 10.3 Å². The number of nitrogens with zero attached hydrogens (tertiary/aromatic N) is 2. The molecule has 1 N–H and O–H groups in total. The van der Waals surface area contributed by atoms with Gasteiger partial charge in [-0.05, 0) is 48.5 Å². The number of nitrogens with one attached hydrogen (secondary N) is 1. The van der Waals surface area contributed by atoms with Gasteiger partial charge in [-0.15, -0.1) is 11.3 Å². The molecule has 0 saturated carbocycles. The van der Waals surface area contributed by atoms with Gasteiger partial charge in [-0.1, -0.05) is 48.0 Å². The minimum absolute atomic E-state index is 0.0724. The SMILES string of the molecule is O=C(c1ccccc1)N(c1ccccc1)c1ccc(NCc2cnc(Cl)s2)cc1. The van der Waals surface area contributed by atoms with Crippen LogP contribution in [0.5, 0.6) is 0 Å². The van der Waals surface area contributed by atoms with Gasteiger partial charge in [0.05, 0.1) is 6.54 Å². The largest absolute Gasteiger partial charge is 0.380 e. The molecule has 0 aliphatic rings. The maximum absolute atomic E-state index is 13.2. The van der Waals surface area contributed by atoms with Crippen LogP contribution in [0.15, 0.2) is 91.1 Å². The number of carbonyl (C=O) groups is 1. The van der Waals surface area contributed by atoms with Crippen molar-refractivity contribution in [3.05, 3.63) is 106 Å². The number of amides is 1. The maximum Gasteiger partial charge on any atom is 0.262 e. The van der Waals surface area contributed by atoms with Crippen LogP contribution in [-0.2, 0) is 6.54 Å². The molecule has 6 heteroatoms. The molecule has 0 unspecified atom stereocenters. The Morgan fingerprint density at radius 1 is 0.897 bits per heavy atom. The highest BCUT2D eigenvalue weighted by molar-refractivity contribution is 7.15. The van der Waals surface area contributed by atoms with Crippen LogP contribution in [-0.4, -0.2) is 10.9 Å². The third-order valence-corrected chi connectivity index (χ3v) is 5.47. The number of aromatic nitrogens is 1. The van der Waals surface area contributed by atoms with Crippen LogP contribution in [0.3, 0.4) is 0 Å². The van der Waals surface area contributed by atoms with Gasteiger partial charge in [0, 0.05) is 33.7 Å². The molecule has 0 aliphatic heterocycles. The van der Waals surface area contributed by atoms with Crippen LogP contribution >= 0.6 is 22.9 Å². The van der Waals surface area contributed by atoms with Crippen molar-refractivity contribution in [2.75, 3.05) is 10.2 Å². The molecule has 0 bridgehead atoms. The van der Waals surface area contributed by atoms with E-state index in [1.165, 1.54) is 11.3 Å². The number of rotatable bonds is 6. The zero-order valence-corrected chi connectivity index (χ0v) is 17.0. The second-order valence-electron chi connectivity index (χ2n) is 6.32. The zero-order valence-electron chi connectivity index (χ0n) is 15.5. The lowest BCUT2D eigenvalue weighted by atomic mass is 10.1. The van der Waals surface area contributed by atoms with Crippen LogP contribution < -0.4 is 10.2 Å². The van der Waals surface area contributed by atoms with E-state index in [1.54, 1.807) is 11.1 Å². The monoisotopic (exact) mass is 419 g/mol. The highest BCUT2D eigenvalue weighted by Gasteiger charge is 2.19. The van der Waals surface area contributed by atoms with Gasteiger partial charge in [0.2, 0.25) is 0 Å². The smallest absolute Gasteiger partial charge is 0.262 e. The lowest BCUT2D eigenvalue weighted by molar-refractivity contribution is 0.0999. The Hall–Kier alpha value is -3.15. The summed E-state index contributed by atoms with van der Waals surface area (Å²) in [6.07, 6.45) is 1.77. The summed E-state index contributed by atoms with van der Waals surface area (Å²) in [5, 5.41) is 3.35. The number of hydrogen-bond donors (Lipinski definition) is 1. The van der Waals surface area contributed by atoms with Crippen LogP contribution in [0.1, 0.15) is 15.2 Å². The highest BCUT2D eigenvalue weighted by atomic mass is 35.5. The Labute approximate surface area is 178 Å². The summed E-state index contributed by atoms with van der Waals surface area (Å²) in [6, 6.07) is 26.8. The number of benzene rings is 3. The second-order valence-corrected chi connectivity index (χ2v) is 8.02. The van der Waals surface area contributed by atoms with E-state index in [9.17, 15) is 4.79 Å². The summed E-state index contributed by atoms with van der Waals surface area (Å²) < 4.78 is 0.537. The topological polar surface area (TPSA) is 45.2 Å². The Kier molecular flexibility index (Phi) is 5.89. The Balaban J connectivity index is 1.58. The number of carbonyl (C=O) groups excluding carboxylic acids is 1. The first-order valence-corrected chi connectivity index (χ1v) is 10.3. The fourth-order valence-electron chi connectivity index (χ4n) is 2.95. The van der Waals surface area contributed by atoms with Crippen molar-refractivity contribution >= 4 is 45.9 Å². The number of para-hydroxylation sites is 1. The summed E-state index contributed by atoms with van der Waals surface area (Å²) in [5.41, 5.74) is 3.22. The van der Waals surface area contributed by atoms with Crippen molar-refractivity contribution in [3.63, 3.8) is 0 Å². The molecule has 1 aromatic heterocycles. The molecule has 144 valence electrons. The van der Waals surface area contributed by atoms with Gasteiger partial charge in [-0.3, -0.25) is 9.69 Å². The molecule has 29 heavy (non-hydrogen) atoms. The molecular weight excluding hydrogens is 402 g/mol. The maximum atomic E-state index is 13.2. The summed E-state index contributed by atoms with van der Waals surface area (Å²) in [4.78, 5) is 20.1. The molecule has 4 rings (SSSR count). The number of halogens is 1. The summed E-state index contributed by atoms with van der Waals surface area (Å²) >= 11 is 7.33. The van der Waals surface area contributed by atoms with Gasteiger partial charge >= 0.3 is 0 Å². The van der Waals surface area contributed by atoms with Crippen molar-refractivity contribution in [3.8, 4) is 0 Å². The molecule has 0 atom stereocenters. The molecule has 0 saturated heterocycles. The third-order valence-electron chi connectivity index (χ3n) is 4.36. The average Bonchev–Trinajstić information content (AvgIpc) is 3.20. The van der Waals surface area contributed by atoms with Crippen molar-refractivity contribution in [1.29, 1.82) is 0 Å². The Morgan fingerprint density at radius 3 is 2.14 bits per heavy atom. The van der Waals surface area contributed by atoms with E-state index in [1.807, 2.05) is 84.9 Å². The van der Waals surface area contributed by atoms with Gasteiger partial charge in [-0.2, -0.15) is 0 Å². The van der Waals surface area contributed by atoms with Crippen molar-refractivity contribution in [2.45, 2.75) is 6.54 Å². The molecule has 1 heterocycles. The molecule has 0 fully saturated rings. The summed E-state index contributed by atoms with van der Waals surface area (Å²) in [6.45, 7) is 0.648. The highest BCUT2D eigenvalue weighted by Crippen LogP contribution is 2.29. The van der Waals surface area contributed by atoms with Gasteiger partial charge in [-0.25, -0.2) is 4.98 Å². The molecule has 0 spiro atoms. The van der Waals surface area contributed by atoms with Crippen molar-refractivity contribution in [2.24, 2.45) is 0 Å². The van der Waals surface area contributed by atoms with Crippen molar-refractivity contribution in [1.82, 2.24) is 4.98 Å². The van der Waals surface area contributed by atoms with Crippen LogP contribution in [0.4, 0.5) is 17.1 Å². The number of hydrogen-bond acceptors (Lipinski definition) is 4. The van der Waals surface area contributed by atoms with E-state index in [0.717, 1.165) is 21.9 Å². The molecule has 3 aromatic carbocycles. The second kappa shape index (κ2) is 8.90. The lowest BCUT2D eigenvalue weighted by Gasteiger charge is -2.23. The first-order valence-electron chi connectivity index (χ1n) is 9.09. The molecule has 4 nitrogen and oxygen atoms in total. The van der Waals surface area contributed by atoms with Gasteiger partial charge in [0.15, 0.2) is 4.47 Å². The minimum atomic E-state index is -0.0724. The Morgan fingerprint density at radius 2 is 1.52 bits per heavy atom. The first kappa shape index (κ1) is 19.2. The zero-order chi connectivity index (χ0) is 20.1. The summed E-state index contributed by atoms with van der Waals surface area (Å²) in [7, 11) is 0. The summed E-state index contributed by atoms with van der Waals surface area (Å²) in [5.74, 6) is -0.0724. The predicted octanol–water partition coefficient (Wildman–Crippen LogP) is 6.39. The average molecular weight is 420 g/mol. The molecule has 0 aliphatic carbocycles. The van der Waals surface area contributed by atoms with Gasteiger partial charge in [0.25, 0.3) is 5.91 Å². The molecule has 1 amide bonds. The van der Waals surface area contributed by atoms with E-state index in [-0.39, 0.29) is 5.91 Å². The van der Waals surface area contributed by atoms with Gasteiger partial charge in [0.1, 0.15) is 0 Å². The fraction of sp³-hybridized carbons (Fsp3) is 0.0435. The molecule has 4 aromatic rings. The fourth-order valence-corrected chi connectivity index (χ4v) is 3.87. The van der Waals surface area contributed by atoms with E-state index in [4.69, 9.17) is 11.6 Å². The minimum Gasteiger partial charge on any atom is -0.380 e. The molecule has 0 radical (unpaired) electrons. The van der Waals surface area contributed by atoms with Crippen LogP contribution in [0.2, 0.25) is 4.47 Å². The molecular formula is C23H18ClN3OS. The third kappa shape index (κ3) is 4.65. The first-order chi connectivity index (χ1) is 14.2. The Bertz CT molecular complexity index is 1080. The normalized spacial score (nSPS) is 10.5. The predicted molar refractivity (Wildman–Crippen MR) is 120 cm³/mol. The van der Waals surface area contributed by atoms with Crippen LogP contribution in [0, 0.1) is 0 Å². The van der Waals surface area contributed by atoms with E-state index in [0.29, 0.717) is 16.6 Å².